The molecule has 0 atom stereocenters. The molecule has 0 unspecified atom stereocenters. The van der Waals surface area contributed by atoms with Crippen molar-refractivity contribution in [2.75, 3.05) is 10.6 Å². The van der Waals surface area contributed by atoms with E-state index < -0.39 is 11.9 Å². The predicted molar refractivity (Wildman–Crippen MR) is 89.5 cm³/mol. The lowest BCUT2D eigenvalue weighted by Gasteiger charge is -2.05. The van der Waals surface area contributed by atoms with Crippen LogP contribution in [0, 0.1) is 0 Å². The number of urea groups is 1. The first-order valence-corrected chi connectivity index (χ1v) is 7.12. The zero-order valence-electron chi connectivity index (χ0n) is 12.5. The molecule has 0 spiro atoms. The van der Waals surface area contributed by atoms with Gasteiger partial charge in [-0.3, -0.25) is 10.1 Å². The molecule has 0 bridgehead atoms. The van der Waals surface area contributed by atoms with Gasteiger partial charge >= 0.3 is 6.03 Å². The van der Waals surface area contributed by atoms with Gasteiger partial charge in [0.1, 0.15) is 0 Å². The maximum Gasteiger partial charge on any atom is 0.324 e. The van der Waals surface area contributed by atoms with Crippen LogP contribution in [0.4, 0.5) is 16.3 Å². The minimum Gasteiger partial charge on any atom is -0.366 e. The summed E-state index contributed by atoms with van der Waals surface area (Å²) in [6.45, 7) is 0. The molecule has 0 fully saturated rings. The van der Waals surface area contributed by atoms with Crippen LogP contribution in [0.15, 0.2) is 65.2 Å². The molecule has 120 valence electrons. The lowest BCUT2D eigenvalue weighted by Crippen LogP contribution is -2.19. The average Bonchev–Trinajstić information content (AvgIpc) is 3.04. The van der Waals surface area contributed by atoms with Gasteiger partial charge in [-0.1, -0.05) is 35.5 Å². The summed E-state index contributed by atoms with van der Waals surface area (Å²) in [4.78, 5) is 22.9. The van der Waals surface area contributed by atoms with Gasteiger partial charge in [0.2, 0.25) is 5.91 Å². The number of carbonyl (C=O) groups excluding carboxylic acids is 2. The molecule has 0 radical (unpaired) electrons. The third-order valence-corrected chi connectivity index (χ3v) is 3.24. The van der Waals surface area contributed by atoms with E-state index in [0.29, 0.717) is 22.8 Å². The van der Waals surface area contributed by atoms with Gasteiger partial charge in [-0.05, 0) is 24.3 Å². The molecular weight excluding hydrogens is 308 g/mol. The van der Waals surface area contributed by atoms with Crippen molar-refractivity contribution in [1.82, 2.24) is 5.16 Å². The molecular formula is C17H14N4O3. The normalized spacial score (nSPS) is 10.2. The smallest absolute Gasteiger partial charge is 0.324 e. The minimum absolute atomic E-state index is 0.292. The summed E-state index contributed by atoms with van der Waals surface area (Å²) in [5.74, 6) is 0.318. The van der Waals surface area contributed by atoms with Crippen molar-refractivity contribution in [2.45, 2.75) is 0 Å². The Morgan fingerprint density at radius 1 is 0.958 bits per heavy atom. The Hall–Kier alpha value is -3.61. The van der Waals surface area contributed by atoms with Gasteiger partial charge in [-0.25, -0.2) is 4.79 Å². The molecule has 3 rings (SSSR count). The van der Waals surface area contributed by atoms with Crippen LogP contribution in [-0.4, -0.2) is 17.1 Å². The molecule has 24 heavy (non-hydrogen) atoms. The molecule has 1 heterocycles. The van der Waals surface area contributed by atoms with E-state index in [9.17, 15) is 9.59 Å². The SMILES string of the molecule is NC(=O)c1ccc(NC(=O)Nc2cc(-c3ccccc3)on2)cc1. The average molecular weight is 322 g/mol. The van der Waals surface area contributed by atoms with Crippen molar-refractivity contribution in [3.63, 3.8) is 0 Å². The number of hydrogen-bond donors (Lipinski definition) is 3. The predicted octanol–water partition coefficient (Wildman–Crippen LogP) is 3.08. The van der Waals surface area contributed by atoms with Crippen LogP contribution in [-0.2, 0) is 0 Å². The van der Waals surface area contributed by atoms with Crippen LogP contribution in [0.25, 0.3) is 11.3 Å². The summed E-state index contributed by atoms with van der Waals surface area (Å²) in [7, 11) is 0. The second-order valence-electron chi connectivity index (χ2n) is 4.96. The van der Waals surface area contributed by atoms with Gasteiger partial charge in [0, 0.05) is 22.9 Å². The largest absolute Gasteiger partial charge is 0.366 e. The monoisotopic (exact) mass is 322 g/mol. The Morgan fingerprint density at radius 2 is 1.67 bits per heavy atom. The molecule has 7 nitrogen and oxygen atoms in total. The number of nitrogens with two attached hydrogens (primary N) is 1. The Labute approximate surface area is 137 Å². The van der Waals surface area contributed by atoms with E-state index in [4.69, 9.17) is 10.3 Å². The van der Waals surface area contributed by atoms with Crippen molar-refractivity contribution in [1.29, 1.82) is 0 Å². The number of primary amides is 1. The molecule has 7 heteroatoms. The molecule has 0 aliphatic heterocycles. The van der Waals surface area contributed by atoms with Crippen LogP contribution < -0.4 is 16.4 Å². The lowest BCUT2D eigenvalue weighted by molar-refractivity contribution is 0.100. The Balaban J connectivity index is 1.63. The Bertz CT molecular complexity index is 857. The molecule has 4 N–H and O–H groups in total. The third-order valence-electron chi connectivity index (χ3n) is 3.24. The fraction of sp³-hybridized carbons (Fsp3) is 0. The number of carbonyl (C=O) groups is 2. The fourth-order valence-corrected chi connectivity index (χ4v) is 2.07. The van der Waals surface area contributed by atoms with Gasteiger partial charge in [0.25, 0.3) is 0 Å². The van der Waals surface area contributed by atoms with Gasteiger partial charge in [-0.2, -0.15) is 0 Å². The number of hydrogen-bond acceptors (Lipinski definition) is 4. The van der Waals surface area contributed by atoms with Gasteiger partial charge < -0.3 is 15.6 Å². The quantitative estimate of drug-likeness (QED) is 0.685. The van der Waals surface area contributed by atoms with E-state index in [1.54, 1.807) is 18.2 Å². The summed E-state index contributed by atoms with van der Waals surface area (Å²) in [6, 6.07) is 16.8. The molecule has 0 saturated heterocycles. The maximum absolute atomic E-state index is 12.0. The number of aromatic nitrogens is 1. The van der Waals surface area contributed by atoms with Crippen LogP contribution in [0.5, 0.6) is 0 Å². The van der Waals surface area contributed by atoms with E-state index in [2.05, 4.69) is 15.8 Å². The molecule has 3 aromatic rings. The number of amides is 3. The molecule has 0 saturated carbocycles. The van der Waals surface area contributed by atoms with Gasteiger partial charge in [0.05, 0.1) is 0 Å². The first-order chi connectivity index (χ1) is 11.6. The number of benzene rings is 2. The van der Waals surface area contributed by atoms with E-state index in [1.807, 2.05) is 30.3 Å². The number of rotatable bonds is 4. The van der Waals surface area contributed by atoms with Crippen LogP contribution in [0.2, 0.25) is 0 Å². The zero-order chi connectivity index (χ0) is 16.9. The zero-order valence-corrected chi connectivity index (χ0v) is 12.5. The molecule has 1 aromatic heterocycles. The van der Waals surface area contributed by atoms with Crippen molar-refractivity contribution in [3.05, 3.63) is 66.2 Å². The van der Waals surface area contributed by atoms with E-state index in [-0.39, 0.29) is 0 Å². The second kappa shape index (κ2) is 6.66. The van der Waals surface area contributed by atoms with E-state index in [0.717, 1.165) is 5.56 Å². The van der Waals surface area contributed by atoms with Crippen LogP contribution in [0.3, 0.4) is 0 Å². The Morgan fingerprint density at radius 3 is 2.33 bits per heavy atom. The summed E-state index contributed by atoms with van der Waals surface area (Å²) < 4.78 is 5.20. The van der Waals surface area contributed by atoms with Crippen LogP contribution in [0.1, 0.15) is 10.4 Å². The first-order valence-electron chi connectivity index (χ1n) is 7.12. The molecule has 0 aliphatic rings. The molecule has 3 amide bonds. The van der Waals surface area contributed by atoms with Crippen molar-refractivity contribution < 1.29 is 14.1 Å². The third kappa shape index (κ3) is 3.58. The highest BCUT2D eigenvalue weighted by Crippen LogP contribution is 2.22. The van der Waals surface area contributed by atoms with Gasteiger partial charge in [0.15, 0.2) is 11.6 Å². The summed E-state index contributed by atoms with van der Waals surface area (Å²) in [6.07, 6.45) is 0. The number of anilines is 2. The fourth-order valence-electron chi connectivity index (χ4n) is 2.07. The highest BCUT2D eigenvalue weighted by atomic mass is 16.5. The summed E-state index contributed by atoms with van der Waals surface area (Å²) in [5.41, 5.74) is 6.91. The number of nitrogens with one attached hydrogen (secondary N) is 2. The second-order valence-corrected chi connectivity index (χ2v) is 4.96. The maximum atomic E-state index is 12.0. The van der Waals surface area contributed by atoms with Crippen molar-refractivity contribution >= 4 is 23.4 Å². The van der Waals surface area contributed by atoms with Crippen LogP contribution >= 0.6 is 0 Å². The molecule has 2 aromatic carbocycles. The molecule has 0 aliphatic carbocycles. The first kappa shape index (κ1) is 15.3. The summed E-state index contributed by atoms with van der Waals surface area (Å²) >= 11 is 0. The number of nitrogens with zero attached hydrogens (tertiary/aromatic N) is 1. The summed E-state index contributed by atoms with van der Waals surface area (Å²) in [5, 5.41) is 9.00. The topological polar surface area (TPSA) is 110 Å². The minimum atomic E-state index is -0.526. The van der Waals surface area contributed by atoms with E-state index >= 15 is 0 Å². The highest BCUT2D eigenvalue weighted by molar-refractivity contribution is 6.00. The Kier molecular flexibility index (Phi) is 4.24. The standard InChI is InChI=1S/C17H14N4O3/c18-16(22)12-6-8-13(9-7-12)19-17(23)20-15-10-14(24-21-15)11-4-2-1-3-5-11/h1-10H,(H2,18,22)(H2,19,20,21,23). The van der Waals surface area contributed by atoms with E-state index in [1.165, 1.54) is 12.1 Å². The highest BCUT2D eigenvalue weighted by Gasteiger charge is 2.09. The van der Waals surface area contributed by atoms with Gasteiger partial charge in [-0.15, -0.1) is 0 Å². The van der Waals surface area contributed by atoms with Crippen molar-refractivity contribution in [2.24, 2.45) is 5.73 Å². The lowest BCUT2D eigenvalue weighted by atomic mass is 10.2. The van der Waals surface area contributed by atoms with Crippen molar-refractivity contribution in [3.8, 4) is 11.3 Å².